The van der Waals surface area contributed by atoms with Crippen LogP contribution in [-0.4, -0.2) is 22.8 Å². The fourth-order valence-corrected chi connectivity index (χ4v) is 2.05. The predicted molar refractivity (Wildman–Crippen MR) is 88.3 cm³/mol. The van der Waals surface area contributed by atoms with Crippen LogP contribution >= 0.6 is 0 Å². The third-order valence-electron chi connectivity index (χ3n) is 3.02. The number of hydrogen-bond donors (Lipinski definition) is 1. The minimum Gasteiger partial charge on any atom is -0.458 e. The molecule has 0 saturated heterocycles. The van der Waals surface area contributed by atoms with Gasteiger partial charge in [-0.1, -0.05) is 30.3 Å². The van der Waals surface area contributed by atoms with Gasteiger partial charge in [0.15, 0.2) is 12.3 Å². The van der Waals surface area contributed by atoms with Crippen molar-refractivity contribution in [2.45, 2.75) is 32.4 Å². The molecule has 5 nitrogen and oxygen atoms in total. The van der Waals surface area contributed by atoms with Gasteiger partial charge >= 0.3 is 5.97 Å². The molecule has 0 spiro atoms. The molecule has 1 N–H and O–H groups in total. The van der Waals surface area contributed by atoms with E-state index in [1.807, 2.05) is 51.1 Å². The van der Waals surface area contributed by atoms with E-state index >= 15 is 0 Å². The van der Waals surface area contributed by atoms with E-state index in [0.717, 1.165) is 5.56 Å². The minimum absolute atomic E-state index is 0.349. The van der Waals surface area contributed by atoms with Gasteiger partial charge in [0.25, 0.3) is 0 Å². The number of nitrogens with zero attached hydrogens (tertiary/aromatic N) is 1. The molecule has 1 aromatic heterocycles. The van der Waals surface area contributed by atoms with Crippen molar-refractivity contribution in [3.8, 4) is 0 Å². The Kier molecular flexibility index (Phi) is 5.11. The number of benzene rings is 1. The zero-order valence-corrected chi connectivity index (χ0v) is 13.4. The zero-order valence-electron chi connectivity index (χ0n) is 13.4. The van der Waals surface area contributed by atoms with Gasteiger partial charge < -0.3 is 10.1 Å². The van der Waals surface area contributed by atoms with Gasteiger partial charge in [0.1, 0.15) is 11.4 Å². The van der Waals surface area contributed by atoms with Crippen molar-refractivity contribution in [2.24, 2.45) is 0 Å². The molecule has 2 rings (SSSR count). The van der Waals surface area contributed by atoms with Crippen LogP contribution in [0.2, 0.25) is 0 Å². The highest BCUT2D eigenvalue weighted by molar-refractivity contribution is 5.86. The van der Waals surface area contributed by atoms with Crippen molar-refractivity contribution in [2.75, 3.05) is 5.32 Å². The Labute approximate surface area is 135 Å². The van der Waals surface area contributed by atoms with E-state index in [2.05, 4.69) is 10.3 Å². The van der Waals surface area contributed by atoms with Gasteiger partial charge in [-0.15, -0.1) is 0 Å². The molecule has 0 saturated carbocycles. The molecule has 23 heavy (non-hydrogen) atoms. The number of esters is 1. The molecule has 5 heteroatoms. The first-order valence-electron chi connectivity index (χ1n) is 7.35. The van der Waals surface area contributed by atoms with Crippen molar-refractivity contribution in [3.05, 3.63) is 59.8 Å². The summed E-state index contributed by atoms with van der Waals surface area (Å²) in [7, 11) is 0. The van der Waals surface area contributed by atoms with Crippen LogP contribution in [0, 0.1) is 0 Å². The summed E-state index contributed by atoms with van der Waals surface area (Å²) in [5, 5.41) is 3.02. The Hall–Kier alpha value is -2.69. The van der Waals surface area contributed by atoms with Crippen LogP contribution in [0.25, 0.3) is 0 Å². The lowest BCUT2D eigenvalue weighted by Gasteiger charge is -2.25. The van der Waals surface area contributed by atoms with Crippen LogP contribution in [0.5, 0.6) is 0 Å². The zero-order chi connectivity index (χ0) is 16.9. The quantitative estimate of drug-likeness (QED) is 0.677. The van der Waals surface area contributed by atoms with Gasteiger partial charge in [-0.2, -0.15) is 0 Å². The van der Waals surface area contributed by atoms with Gasteiger partial charge in [0, 0.05) is 6.20 Å². The Morgan fingerprint density at radius 1 is 1.17 bits per heavy atom. The van der Waals surface area contributed by atoms with E-state index in [4.69, 9.17) is 4.74 Å². The average molecular weight is 312 g/mol. The highest BCUT2D eigenvalue weighted by atomic mass is 16.6. The van der Waals surface area contributed by atoms with Crippen LogP contribution in [0.1, 0.15) is 42.7 Å². The standard InChI is InChI=1S/C18H20N2O3/c1-18(2,3)23-17(22)15(13-8-5-4-6-9-13)20-16-14(12-21)10-7-11-19-16/h4-12,15H,1-3H3,(H,19,20). The fraction of sp³-hybridized carbons (Fsp3) is 0.278. The van der Waals surface area contributed by atoms with Gasteiger partial charge in [-0.05, 0) is 38.5 Å². The molecule has 1 heterocycles. The van der Waals surface area contributed by atoms with E-state index in [1.54, 1.807) is 18.3 Å². The number of aldehydes is 1. The number of aromatic nitrogens is 1. The van der Waals surface area contributed by atoms with Crippen molar-refractivity contribution in [3.63, 3.8) is 0 Å². The maximum atomic E-state index is 12.6. The summed E-state index contributed by atoms with van der Waals surface area (Å²) in [4.78, 5) is 27.9. The molecule has 0 aliphatic carbocycles. The van der Waals surface area contributed by atoms with Gasteiger partial charge in [0.05, 0.1) is 5.56 Å². The summed E-state index contributed by atoms with van der Waals surface area (Å²) in [6.07, 6.45) is 2.26. The van der Waals surface area contributed by atoms with E-state index in [9.17, 15) is 9.59 Å². The Balaban J connectivity index is 2.34. The summed E-state index contributed by atoms with van der Waals surface area (Å²) in [6, 6.07) is 11.8. The van der Waals surface area contributed by atoms with Crippen LogP contribution < -0.4 is 5.32 Å². The van der Waals surface area contributed by atoms with E-state index in [1.165, 1.54) is 0 Å². The lowest BCUT2D eigenvalue weighted by atomic mass is 10.1. The Morgan fingerprint density at radius 2 is 1.87 bits per heavy atom. The first-order valence-corrected chi connectivity index (χ1v) is 7.35. The molecule has 2 aromatic rings. The molecular weight excluding hydrogens is 292 g/mol. The number of hydrogen-bond acceptors (Lipinski definition) is 5. The Morgan fingerprint density at radius 3 is 2.48 bits per heavy atom. The summed E-state index contributed by atoms with van der Waals surface area (Å²) >= 11 is 0. The van der Waals surface area contributed by atoms with Gasteiger partial charge in [-0.3, -0.25) is 4.79 Å². The molecule has 0 bridgehead atoms. The minimum atomic E-state index is -0.746. The molecule has 0 fully saturated rings. The predicted octanol–water partition coefficient (Wildman–Crippen LogP) is 3.39. The lowest BCUT2D eigenvalue weighted by molar-refractivity contribution is -0.156. The van der Waals surface area contributed by atoms with Crippen LogP contribution in [0.4, 0.5) is 5.82 Å². The first kappa shape index (κ1) is 16.7. The van der Waals surface area contributed by atoms with E-state index in [0.29, 0.717) is 17.7 Å². The van der Waals surface area contributed by atoms with Crippen LogP contribution in [0.15, 0.2) is 48.7 Å². The van der Waals surface area contributed by atoms with Crippen molar-refractivity contribution in [1.82, 2.24) is 4.98 Å². The molecular formula is C18H20N2O3. The molecule has 0 radical (unpaired) electrons. The molecule has 120 valence electrons. The maximum Gasteiger partial charge on any atom is 0.333 e. The van der Waals surface area contributed by atoms with Gasteiger partial charge in [-0.25, -0.2) is 9.78 Å². The third-order valence-corrected chi connectivity index (χ3v) is 3.02. The molecule has 0 aliphatic rings. The summed E-state index contributed by atoms with van der Waals surface area (Å²) in [5.74, 6) is -0.0755. The smallest absolute Gasteiger partial charge is 0.333 e. The molecule has 0 aliphatic heterocycles. The van der Waals surface area contributed by atoms with Crippen molar-refractivity contribution in [1.29, 1.82) is 0 Å². The summed E-state index contributed by atoms with van der Waals surface area (Å²) in [5.41, 5.74) is 0.518. The molecule has 0 amide bonds. The number of anilines is 1. The van der Waals surface area contributed by atoms with E-state index in [-0.39, 0.29) is 0 Å². The summed E-state index contributed by atoms with van der Waals surface area (Å²) in [6.45, 7) is 5.43. The average Bonchev–Trinajstić information content (AvgIpc) is 2.52. The number of rotatable bonds is 5. The highest BCUT2D eigenvalue weighted by Crippen LogP contribution is 2.23. The third kappa shape index (κ3) is 4.64. The topological polar surface area (TPSA) is 68.3 Å². The number of carbonyl (C=O) groups is 2. The lowest BCUT2D eigenvalue weighted by Crippen LogP contribution is -2.31. The molecule has 1 atom stereocenters. The van der Waals surface area contributed by atoms with Crippen molar-refractivity contribution >= 4 is 18.1 Å². The Bertz CT molecular complexity index is 678. The number of ether oxygens (including phenoxy) is 1. The number of pyridine rings is 1. The summed E-state index contributed by atoms with van der Waals surface area (Å²) < 4.78 is 5.48. The van der Waals surface area contributed by atoms with Crippen LogP contribution in [-0.2, 0) is 9.53 Å². The fourth-order valence-electron chi connectivity index (χ4n) is 2.05. The first-order chi connectivity index (χ1) is 10.9. The largest absolute Gasteiger partial charge is 0.458 e. The normalized spacial score (nSPS) is 12.3. The molecule has 1 aromatic carbocycles. The maximum absolute atomic E-state index is 12.6. The monoisotopic (exact) mass is 312 g/mol. The SMILES string of the molecule is CC(C)(C)OC(=O)C(Nc1ncccc1C=O)c1ccccc1. The highest BCUT2D eigenvalue weighted by Gasteiger charge is 2.27. The van der Waals surface area contributed by atoms with Crippen LogP contribution in [0.3, 0.4) is 0 Å². The second-order valence-corrected chi connectivity index (χ2v) is 6.08. The number of carbonyl (C=O) groups excluding carboxylic acids is 2. The second kappa shape index (κ2) is 7.05. The van der Waals surface area contributed by atoms with Gasteiger partial charge in [0.2, 0.25) is 0 Å². The van der Waals surface area contributed by atoms with E-state index < -0.39 is 17.6 Å². The molecule has 1 unspecified atom stereocenters. The second-order valence-electron chi connectivity index (χ2n) is 6.08. The van der Waals surface area contributed by atoms with Crippen molar-refractivity contribution < 1.29 is 14.3 Å². The number of nitrogens with one attached hydrogen (secondary N) is 1.